The van der Waals surface area contributed by atoms with E-state index in [9.17, 15) is 23.3 Å². The summed E-state index contributed by atoms with van der Waals surface area (Å²) in [6.07, 6.45) is 5.84. The molecule has 2 amide bonds. The molecule has 2 aliphatic heterocycles. The average Bonchev–Trinajstić information content (AvgIpc) is 3.76. The van der Waals surface area contributed by atoms with Crippen LogP contribution < -0.4 is 5.32 Å². The highest BCUT2D eigenvalue weighted by Crippen LogP contribution is 2.46. The molecule has 1 aromatic rings. The fourth-order valence-corrected chi connectivity index (χ4v) is 7.21. The lowest BCUT2D eigenvalue weighted by molar-refractivity contribution is -0.144. The quantitative estimate of drug-likeness (QED) is 0.636. The van der Waals surface area contributed by atoms with Gasteiger partial charge < -0.3 is 10.2 Å². The van der Waals surface area contributed by atoms with Crippen LogP contribution in [0.4, 0.5) is 0 Å². The summed E-state index contributed by atoms with van der Waals surface area (Å²) in [6.45, 7) is 1.66. The first-order valence-corrected chi connectivity index (χ1v) is 13.9. The van der Waals surface area contributed by atoms with E-state index in [1.54, 1.807) is 0 Å². The molecule has 0 bridgehead atoms. The van der Waals surface area contributed by atoms with Crippen LogP contribution in [-0.2, 0) is 19.4 Å². The van der Waals surface area contributed by atoms with Gasteiger partial charge in [0.1, 0.15) is 17.1 Å². The van der Waals surface area contributed by atoms with Gasteiger partial charge in [-0.15, -0.1) is 0 Å². The van der Waals surface area contributed by atoms with Gasteiger partial charge in [0.15, 0.2) is 9.84 Å². The van der Waals surface area contributed by atoms with E-state index in [0.29, 0.717) is 17.9 Å². The Hall–Kier alpha value is -2.15. The number of hydrogen-bond donors (Lipinski definition) is 1. The van der Waals surface area contributed by atoms with Crippen molar-refractivity contribution in [2.75, 3.05) is 19.6 Å². The molecule has 182 valence electrons. The number of benzene rings is 1. The lowest BCUT2D eigenvalue weighted by atomic mass is 10.1. The maximum Gasteiger partial charge on any atom is 0.244 e. The van der Waals surface area contributed by atoms with E-state index in [0.717, 1.165) is 45.2 Å². The highest BCUT2D eigenvalue weighted by Gasteiger charge is 2.59. The largest absolute Gasteiger partial charge is 0.336 e. The van der Waals surface area contributed by atoms with Crippen molar-refractivity contribution < 1.29 is 18.0 Å². The second-order valence-electron chi connectivity index (χ2n) is 10.1. The number of hydrogen-bond acceptors (Lipinski definition) is 6. The smallest absolute Gasteiger partial charge is 0.244 e. The Morgan fingerprint density at radius 2 is 1.71 bits per heavy atom. The highest BCUT2D eigenvalue weighted by atomic mass is 35.5. The first-order chi connectivity index (χ1) is 16.2. The van der Waals surface area contributed by atoms with Crippen LogP contribution in [0.5, 0.6) is 0 Å². The summed E-state index contributed by atoms with van der Waals surface area (Å²) in [5, 5.41) is 11.8. The number of likely N-dealkylation sites (tertiary alicyclic amines) is 2. The van der Waals surface area contributed by atoms with Crippen molar-refractivity contribution in [2.24, 2.45) is 0 Å². The lowest BCUT2D eigenvalue weighted by Crippen LogP contribution is -2.57. The third kappa shape index (κ3) is 4.10. The molecule has 2 saturated heterocycles. The molecule has 2 unspecified atom stereocenters. The van der Waals surface area contributed by atoms with Crippen LogP contribution in [0, 0.1) is 11.3 Å². The van der Waals surface area contributed by atoms with Gasteiger partial charge in [-0.2, -0.15) is 5.26 Å². The number of rotatable bonds is 6. The minimum absolute atomic E-state index is 0.0140. The first kappa shape index (κ1) is 23.6. The van der Waals surface area contributed by atoms with Crippen molar-refractivity contribution in [1.29, 1.82) is 5.26 Å². The van der Waals surface area contributed by atoms with Crippen LogP contribution in [0.1, 0.15) is 51.4 Å². The number of halogens is 1. The summed E-state index contributed by atoms with van der Waals surface area (Å²) in [6, 6.07) is 7.20. The molecule has 2 atom stereocenters. The summed E-state index contributed by atoms with van der Waals surface area (Å²) < 4.78 is 26.9. The van der Waals surface area contributed by atoms with Crippen molar-refractivity contribution in [1.82, 2.24) is 15.1 Å². The van der Waals surface area contributed by atoms with Crippen molar-refractivity contribution in [3.05, 3.63) is 29.3 Å². The Labute approximate surface area is 205 Å². The summed E-state index contributed by atoms with van der Waals surface area (Å²) in [4.78, 5) is 31.0. The van der Waals surface area contributed by atoms with Crippen LogP contribution >= 0.6 is 11.6 Å². The van der Waals surface area contributed by atoms with Gasteiger partial charge in [-0.05, 0) is 82.3 Å². The zero-order valence-electron chi connectivity index (χ0n) is 19.0. The average molecular weight is 505 g/mol. The number of nitrogens with one attached hydrogen (secondary N) is 1. The Bertz CT molecular complexity index is 1130. The van der Waals surface area contributed by atoms with E-state index in [4.69, 9.17) is 11.6 Å². The SMILES string of the molecule is N#CC1(NC(=O)C2CC(S(=O)(=O)c3ccc(Cl)cc3)CN2C(=O)C2(N3CCCCC3)CC2)CC1. The maximum absolute atomic E-state index is 13.9. The topological polar surface area (TPSA) is 111 Å². The van der Waals surface area contributed by atoms with Gasteiger partial charge in [-0.1, -0.05) is 18.0 Å². The van der Waals surface area contributed by atoms with Gasteiger partial charge in [0, 0.05) is 11.6 Å². The third-order valence-electron chi connectivity index (χ3n) is 7.82. The third-order valence-corrected chi connectivity index (χ3v) is 10.2. The minimum Gasteiger partial charge on any atom is -0.336 e. The van der Waals surface area contributed by atoms with E-state index < -0.39 is 38.1 Å². The number of amides is 2. The molecule has 2 heterocycles. The predicted molar refractivity (Wildman–Crippen MR) is 126 cm³/mol. The molecule has 1 aromatic carbocycles. The fourth-order valence-electron chi connectivity index (χ4n) is 5.39. The molecule has 4 fully saturated rings. The van der Waals surface area contributed by atoms with Crippen LogP contribution in [0.3, 0.4) is 0 Å². The number of nitriles is 1. The zero-order chi connectivity index (χ0) is 24.1. The zero-order valence-corrected chi connectivity index (χ0v) is 20.6. The van der Waals surface area contributed by atoms with Crippen molar-refractivity contribution in [3.8, 4) is 6.07 Å². The Balaban J connectivity index is 1.43. The Morgan fingerprint density at radius 1 is 1.06 bits per heavy atom. The predicted octanol–water partition coefficient (Wildman–Crippen LogP) is 2.27. The van der Waals surface area contributed by atoms with Crippen LogP contribution in [0.2, 0.25) is 5.02 Å². The van der Waals surface area contributed by atoms with Crippen LogP contribution in [0.25, 0.3) is 0 Å². The monoisotopic (exact) mass is 504 g/mol. The molecule has 0 radical (unpaired) electrons. The van der Waals surface area contributed by atoms with E-state index in [1.165, 1.54) is 29.2 Å². The molecular formula is C24H29ClN4O4S. The molecule has 4 aliphatic rings. The molecule has 2 saturated carbocycles. The molecule has 0 aromatic heterocycles. The van der Waals surface area contributed by atoms with Gasteiger partial charge in [0.25, 0.3) is 0 Å². The number of carbonyl (C=O) groups is 2. The summed E-state index contributed by atoms with van der Waals surface area (Å²) in [5.41, 5.74) is -1.51. The molecule has 2 aliphatic carbocycles. The number of nitrogens with zero attached hydrogens (tertiary/aromatic N) is 3. The normalized spacial score (nSPS) is 27.6. The van der Waals surface area contributed by atoms with Gasteiger partial charge in [-0.3, -0.25) is 14.5 Å². The molecule has 5 rings (SSSR count). The van der Waals surface area contributed by atoms with Crippen LogP contribution in [-0.4, -0.2) is 72.0 Å². The van der Waals surface area contributed by atoms with Gasteiger partial charge in [0.2, 0.25) is 11.8 Å². The van der Waals surface area contributed by atoms with Crippen LogP contribution in [0.15, 0.2) is 29.2 Å². The van der Waals surface area contributed by atoms with E-state index in [-0.39, 0.29) is 23.8 Å². The van der Waals surface area contributed by atoms with Gasteiger partial charge in [0.05, 0.1) is 16.2 Å². The Kier molecular flexibility index (Phi) is 5.90. The standard InChI is InChI=1S/C24H29ClN4O4S/c25-17-4-6-18(7-5-17)34(32,33)19-14-20(21(30)27-23(16-26)8-9-23)29(15-19)22(31)24(10-11-24)28-12-2-1-3-13-28/h4-7,19-20H,1-3,8-15H2,(H,27,30). The number of sulfone groups is 1. The van der Waals surface area contributed by atoms with Gasteiger partial charge in [-0.25, -0.2) is 8.42 Å². The molecule has 8 nitrogen and oxygen atoms in total. The van der Waals surface area contributed by atoms with Crippen molar-refractivity contribution >= 4 is 33.3 Å². The summed E-state index contributed by atoms with van der Waals surface area (Å²) in [7, 11) is -3.78. The van der Waals surface area contributed by atoms with Gasteiger partial charge >= 0.3 is 0 Å². The van der Waals surface area contributed by atoms with E-state index >= 15 is 0 Å². The highest BCUT2D eigenvalue weighted by molar-refractivity contribution is 7.92. The lowest BCUT2D eigenvalue weighted by Gasteiger charge is -2.37. The summed E-state index contributed by atoms with van der Waals surface area (Å²) >= 11 is 5.93. The number of piperidine rings is 1. The molecular weight excluding hydrogens is 476 g/mol. The summed E-state index contributed by atoms with van der Waals surface area (Å²) in [5.74, 6) is -0.583. The van der Waals surface area contributed by atoms with Crippen molar-refractivity contribution in [2.45, 2.75) is 78.6 Å². The maximum atomic E-state index is 13.9. The fraction of sp³-hybridized carbons (Fsp3) is 0.625. The van der Waals surface area contributed by atoms with E-state index in [1.807, 2.05) is 0 Å². The second-order valence-corrected chi connectivity index (χ2v) is 12.8. The Morgan fingerprint density at radius 3 is 2.26 bits per heavy atom. The second kappa shape index (κ2) is 8.51. The van der Waals surface area contributed by atoms with E-state index in [2.05, 4.69) is 16.3 Å². The number of carbonyl (C=O) groups excluding carboxylic acids is 2. The molecule has 0 spiro atoms. The molecule has 34 heavy (non-hydrogen) atoms. The molecule has 1 N–H and O–H groups in total. The molecule has 10 heteroatoms. The first-order valence-electron chi connectivity index (χ1n) is 12.0. The minimum atomic E-state index is -3.78. The van der Waals surface area contributed by atoms with Crippen molar-refractivity contribution in [3.63, 3.8) is 0 Å².